The van der Waals surface area contributed by atoms with Gasteiger partial charge in [-0.15, -0.1) is 17.8 Å². The van der Waals surface area contributed by atoms with Crippen molar-refractivity contribution in [2.75, 3.05) is 7.11 Å². The van der Waals surface area contributed by atoms with Gasteiger partial charge >= 0.3 is 0 Å². The first-order valence-electron chi connectivity index (χ1n) is 6.68. The van der Waals surface area contributed by atoms with Crippen LogP contribution in [0, 0.1) is 12.3 Å². The third-order valence-electron chi connectivity index (χ3n) is 3.22. The molecule has 1 aromatic carbocycles. The van der Waals surface area contributed by atoms with Crippen molar-refractivity contribution in [2.45, 2.75) is 6.54 Å². The molecule has 24 heavy (non-hydrogen) atoms. The first-order valence-corrected chi connectivity index (χ1v) is 9.07. The van der Waals surface area contributed by atoms with Crippen LogP contribution in [0.25, 0.3) is 10.2 Å². The zero-order valence-electron chi connectivity index (χ0n) is 12.4. The molecule has 8 heteroatoms. The lowest BCUT2D eigenvalue weighted by atomic mass is 10.3. The smallest absolute Gasteiger partial charge is 0.282 e. The van der Waals surface area contributed by atoms with Gasteiger partial charge in [-0.25, -0.2) is 0 Å². The van der Waals surface area contributed by atoms with Crippen LogP contribution in [0.4, 0.5) is 0 Å². The van der Waals surface area contributed by atoms with Crippen LogP contribution in [-0.2, 0) is 6.54 Å². The summed E-state index contributed by atoms with van der Waals surface area (Å²) in [4.78, 5) is 17.1. The Morgan fingerprint density at radius 3 is 2.79 bits per heavy atom. The zero-order chi connectivity index (χ0) is 17.3. The maximum Gasteiger partial charge on any atom is 0.282 e. The molecule has 0 atom stereocenters. The summed E-state index contributed by atoms with van der Waals surface area (Å²) in [5.41, 5.74) is 1.17. The number of halogens is 2. The number of carbonyl (C=O) groups is 1. The Labute approximate surface area is 155 Å². The molecule has 2 heterocycles. The molecule has 122 valence electrons. The second kappa shape index (κ2) is 6.99. The normalized spacial score (nSPS) is 11.7. The Balaban J connectivity index is 2.17. The van der Waals surface area contributed by atoms with Crippen molar-refractivity contribution in [2.24, 2.45) is 4.99 Å². The molecule has 0 aliphatic carbocycles. The van der Waals surface area contributed by atoms with Crippen molar-refractivity contribution >= 4 is 62.0 Å². The summed E-state index contributed by atoms with van der Waals surface area (Å²) >= 11 is 14.4. The van der Waals surface area contributed by atoms with Crippen molar-refractivity contribution in [1.29, 1.82) is 0 Å². The summed E-state index contributed by atoms with van der Waals surface area (Å²) in [6, 6.07) is 7.12. The summed E-state index contributed by atoms with van der Waals surface area (Å²) < 4.78 is 8.72. The molecule has 0 N–H and O–H groups in total. The van der Waals surface area contributed by atoms with Crippen LogP contribution >= 0.6 is 45.9 Å². The van der Waals surface area contributed by atoms with Crippen LogP contribution in [0.1, 0.15) is 10.4 Å². The monoisotopic (exact) mass is 396 g/mol. The number of thiophene rings is 1. The minimum Gasteiger partial charge on any atom is -0.497 e. The highest BCUT2D eigenvalue weighted by molar-refractivity contribution is 7.20. The maximum absolute atomic E-state index is 12.4. The van der Waals surface area contributed by atoms with Gasteiger partial charge in [-0.3, -0.25) is 4.79 Å². The van der Waals surface area contributed by atoms with E-state index in [1.165, 1.54) is 17.4 Å². The lowest BCUT2D eigenvalue weighted by molar-refractivity contribution is 0.0998. The largest absolute Gasteiger partial charge is 0.497 e. The van der Waals surface area contributed by atoms with Crippen LogP contribution in [0.3, 0.4) is 0 Å². The maximum atomic E-state index is 12.4. The highest BCUT2D eigenvalue weighted by Gasteiger charge is 2.15. The quantitative estimate of drug-likeness (QED) is 0.613. The summed E-state index contributed by atoms with van der Waals surface area (Å²) in [6.07, 6.45) is 5.45. The van der Waals surface area contributed by atoms with Gasteiger partial charge in [0.05, 0.1) is 33.8 Å². The van der Waals surface area contributed by atoms with E-state index in [-0.39, 0.29) is 5.56 Å². The molecule has 3 aromatic rings. The zero-order valence-corrected chi connectivity index (χ0v) is 15.5. The van der Waals surface area contributed by atoms with E-state index < -0.39 is 5.91 Å². The summed E-state index contributed by atoms with van der Waals surface area (Å²) in [5, 5.41) is 0. The second-order valence-corrected chi connectivity index (χ2v) is 7.96. The van der Waals surface area contributed by atoms with E-state index in [1.807, 2.05) is 18.2 Å². The highest BCUT2D eigenvalue weighted by atomic mass is 35.5. The molecule has 1 amide bonds. The Bertz CT molecular complexity index is 1040. The SMILES string of the molecule is C#CCn1c(=NC(=O)c2cc(Cl)sc2Cl)sc2cc(OC)ccc21. The van der Waals surface area contributed by atoms with Crippen LogP contribution in [0.15, 0.2) is 29.3 Å². The molecular formula is C16H10Cl2N2O2S2. The molecule has 0 saturated heterocycles. The Hall–Kier alpha value is -1.78. The van der Waals surface area contributed by atoms with Gasteiger partial charge in [0, 0.05) is 0 Å². The number of amides is 1. The number of aromatic nitrogens is 1. The van der Waals surface area contributed by atoms with E-state index in [4.69, 9.17) is 34.4 Å². The molecule has 2 aromatic heterocycles. The van der Waals surface area contributed by atoms with Crippen molar-refractivity contribution < 1.29 is 9.53 Å². The fraction of sp³-hybridized carbons (Fsp3) is 0.125. The topological polar surface area (TPSA) is 43.6 Å². The van der Waals surface area contributed by atoms with E-state index in [1.54, 1.807) is 11.7 Å². The first kappa shape index (κ1) is 17.1. The number of rotatable bonds is 3. The average Bonchev–Trinajstić information content (AvgIpc) is 3.07. The summed E-state index contributed by atoms with van der Waals surface area (Å²) in [5.74, 6) is 2.85. The Morgan fingerprint density at radius 2 is 2.17 bits per heavy atom. The van der Waals surface area contributed by atoms with Gasteiger partial charge in [0.2, 0.25) is 0 Å². The van der Waals surface area contributed by atoms with Gasteiger partial charge in [-0.1, -0.05) is 40.5 Å². The van der Waals surface area contributed by atoms with E-state index in [2.05, 4.69) is 10.9 Å². The number of ether oxygens (including phenoxy) is 1. The first-order chi connectivity index (χ1) is 11.5. The molecule has 4 nitrogen and oxygen atoms in total. The van der Waals surface area contributed by atoms with Crippen LogP contribution in [0.5, 0.6) is 5.75 Å². The van der Waals surface area contributed by atoms with Gasteiger partial charge in [-0.2, -0.15) is 4.99 Å². The molecule has 3 rings (SSSR count). The standard InChI is InChI=1S/C16H10Cl2N2O2S2/c1-3-6-20-11-5-4-9(22-2)7-12(11)23-16(20)19-15(21)10-8-13(17)24-14(10)18/h1,4-5,7-8H,6H2,2H3. The molecule has 0 saturated carbocycles. The van der Waals surface area contributed by atoms with Crippen molar-refractivity contribution in [3.63, 3.8) is 0 Å². The number of nitrogens with zero attached hydrogens (tertiary/aromatic N) is 2. The van der Waals surface area contributed by atoms with Crippen molar-refractivity contribution in [3.05, 3.63) is 43.3 Å². The number of terminal acetylenes is 1. The fourth-order valence-corrected chi connectivity index (χ4v) is 4.65. The van der Waals surface area contributed by atoms with Gasteiger partial charge < -0.3 is 9.30 Å². The van der Waals surface area contributed by atoms with Crippen LogP contribution < -0.4 is 9.54 Å². The van der Waals surface area contributed by atoms with Crippen LogP contribution in [0.2, 0.25) is 8.67 Å². The molecule has 0 bridgehead atoms. The predicted molar refractivity (Wildman–Crippen MR) is 99.4 cm³/mol. The minimum absolute atomic E-state index is 0.286. The Morgan fingerprint density at radius 1 is 1.38 bits per heavy atom. The molecule has 0 unspecified atom stereocenters. The number of hydrogen-bond donors (Lipinski definition) is 0. The van der Waals surface area contributed by atoms with E-state index in [9.17, 15) is 4.79 Å². The lowest BCUT2D eigenvalue weighted by Gasteiger charge is -2.01. The highest BCUT2D eigenvalue weighted by Crippen LogP contribution is 2.31. The number of thiazole rings is 1. The number of benzene rings is 1. The Kier molecular flexibility index (Phi) is 4.97. The lowest BCUT2D eigenvalue weighted by Crippen LogP contribution is -2.16. The predicted octanol–water partition coefficient (Wildman–Crippen LogP) is 4.45. The minimum atomic E-state index is -0.451. The third kappa shape index (κ3) is 3.21. The van der Waals surface area contributed by atoms with Crippen molar-refractivity contribution in [1.82, 2.24) is 4.57 Å². The molecular weight excluding hydrogens is 387 g/mol. The third-order valence-corrected chi connectivity index (χ3v) is 5.75. The molecule has 0 aliphatic heterocycles. The van der Waals surface area contributed by atoms with Crippen LogP contribution in [-0.4, -0.2) is 17.6 Å². The summed E-state index contributed by atoms with van der Waals surface area (Å²) in [7, 11) is 1.60. The fourth-order valence-electron chi connectivity index (χ4n) is 2.14. The van der Waals surface area contributed by atoms with Gasteiger partial charge in [-0.05, 0) is 24.3 Å². The second-order valence-electron chi connectivity index (χ2n) is 4.66. The van der Waals surface area contributed by atoms with E-state index in [0.29, 0.717) is 20.0 Å². The average molecular weight is 397 g/mol. The molecule has 0 spiro atoms. The number of fused-ring (bicyclic) bond motifs is 1. The molecule has 0 radical (unpaired) electrons. The number of methoxy groups -OCH3 is 1. The van der Waals surface area contributed by atoms with Gasteiger partial charge in [0.15, 0.2) is 4.80 Å². The molecule has 0 fully saturated rings. The van der Waals surface area contributed by atoms with E-state index >= 15 is 0 Å². The molecule has 0 aliphatic rings. The van der Waals surface area contributed by atoms with E-state index in [0.717, 1.165) is 27.3 Å². The van der Waals surface area contributed by atoms with Crippen molar-refractivity contribution in [3.8, 4) is 18.1 Å². The van der Waals surface area contributed by atoms with Gasteiger partial charge in [0.1, 0.15) is 10.1 Å². The summed E-state index contributed by atoms with van der Waals surface area (Å²) in [6.45, 7) is 0.302. The number of carbonyl (C=O) groups excluding carboxylic acids is 1. The van der Waals surface area contributed by atoms with Gasteiger partial charge in [0.25, 0.3) is 5.91 Å². The number of hydrogen-bond acceptors (Lipinski definition) is 4.